The van der Waals surface area contributed by atoms with Crippen LogP contribution in [0.2, 0.25) is 0 Å². The zero-order valence-corrected chi connectivity index (χ0v) is 25.8. The van der Waals surface area contributed by atoms with Crippen molar-refractivity contribution in [2.24, 2.45) is 0 Å². The van der Waals surface area contributed by atoms with Gasteiger partial charge in [0.2, 0.25) is 0 Å². The zero-order valence-electron chi connectivity index (χ0n) is 24.2. The number of carbonyl (C=O) groups excluding carboxylic acids is 2. The van der Waals surface area contributed by atoms with Crippen molar-refractivity contribution in [3.05, 3.63) is 75.2 Å². The van der Waals surface area contributed by atoms with Gasteiger partial charge in [0.15, 0.2) is 0 Å². The lowest BCUT2D eigenvalue weighted by Gasteiger charge is -2.23. The maximum Gasteiger partial charge on any atom is 0.304 e. The van der Waals surface area contributed by atoms with E-state index in [0.29, 0.717) is 48.1 Å². The Hall–Kier alpha value is -3.52. The van der Waals surface area contributed by atoms with Crippen LogP contribution in [-0.4, -0.2) is 81.5 Å². The van der Waals surface area contributed by atoms with Crippen molar-refractivity contribution in [3.8, 4) is 11.5 Å². The molecular weight excluding hydrogens is 580 g/mol. The standard InChI is InChI=1S/C29H36N4O7S2/c1-20-25(38-3)15-22(16-26(20)39-4)29(35)33(13-8-11-21-9-6-5-7-10-21)17-27-30-24(19-41-27)28(34)31-42(36,37)32(2)23-12-14-40-18-23/h5-7,9-10,15-16,19,23H,8,11-14,17-18H2,1-4H3,(H,31,34). The average molecular weight is 617 g/mol. The second-order valence-corrected chi connectivity index (χ2v) is 12.6. The fourth-order valence-electron chi connectivity index (χ4n) is 4.66. The minimum atomic E-state index is -4.08. The lowest BCUT2D eigenvalue weighted by Crippen LogP contribution is -2.46. The predicted molar refractivity (Wildman–Crippen MR) is 159 cm³/mol. The second kappa shape index (κ2) is 14.1. The molecule has 1 atom stereocenters. The van der Waals surface area contributed by atoms with E-state index in [0.717, 1.165) is 21.9 Å². The first-order chi connectivity index (χ1) is 20.1. The number of aryl methyl sites for hydroxylation is 1. The Balaban J connectivity index is 1.51. The van der Waals surface area contributed by atoms with Gasteiger partial charge < -0.3 is 19.1 Å². The van der Waals surface area contributed by atoms with E-state index in [-0.39, 0.29) is 30.8 Å². The molecule has 2 aromatic carbocycles. The Bertz CT molecular complexity index is 1460. The molecule has 42 heavy (non-hydrogen) atoms. The zero-order chi connectivity index (χ0) is 30.3. The van der Waals surface area contributed by atoms with Crippen molar-refractivity contribution in [2.45, 2.75) is 38.8 Å². The van der Waals surface area contributed by atoms with Crippen molar-refractivity contribution < 1.29 is 32.2 Å². The molecule has 1 fully saturated rings. The number of ether oxygens (including phenoxy) is 3. The molecule has 1 aromatic heterocycles. The third-order valence-electron chi connectivity index (χ3n) is 7.15. The number of amides is 2. The van der Waals surface area contributed by atoms with E-state index in [1.807, 2.05) is 37.3 Å². The predicted octanol–water partition coefficient (Wildman–Crippen LogP) is 3.44. The van der Waals surface area contributed by atoms with Gasteiger partial charge in [-0.15, -0.1) is 11.3 Å². The minimum Gasteiger partial charge on any atom is -0.496 e. The summed E-state index contributed by atoms with van der Waals surface area (Å²) >= 11 is 1.18. The van der Waals surface area contributed by atoms with Crippen LogP contribution in [0.5, 0.6) is 11.5 Å². The van der Waals surface area contributed by atoms with Crippen molar-refractivity contribution in [1.82, 2.24) is 18.9 Å². The largest absolute Gasteiger partial charge is 0.496 e. The van der Waals surface area contributed by atoms with Gasteiger partial charge in [0.05, 0.1) is 33.4 Å². The van der Waals surface area contributed by atoms with E-state index in [1.165, 1.54) is 38.0 Å². The summed E-state index contributed by atoms with van der Waals surface area (Å²) in [6.07, 6.45) is 2.03. The molecule has 1 aliphatic rings. The number of rotatable bonds is 13. The molecule has 2 amide bonds. The highest BCUT2D eigenvalue weighted by atomic mass is 32.2. The first-order valence-electron chi connectivity index (χ1n) is 13.5. The lowest BCUT2D eigenvalue weighted by atomic mass is 10.1. The van der Waals surface area contributed by atoms with Gasteiger partial charge in [-0.25, -0.2) is 9.71 Å². The average Bonchev–Trinajstić information content (AvgIpc) is 3.69. The van der Waals surface area contributed by atoms with Gasteiger partial charge in [0.1, 0.15) is 22.2 Å². The number of nitrogens with zero attached hydrogens (tertiary/aromatic N) is 3. The Morgan fingerprint density at radius 1 is 1.14 bits per heavy atom. The molecule has 1 saturated heterocycles. The Morgan fingerprint density at radius 3 is 2.45 bits per heavy atom. The highest BCUT2D eigenvalue weighted by Crippen LogP contribution is 2.30. The van der Waals surface area contributed by atoms with Crippen molar-refractivity contribution in [2.75, 3.05) is 41.0 Å². The van der Waals surface area contributed by atoms with Crippen LogP contribution in [0.1, 0.15) is 49.8 Å². The maximum atomic E-state index is 13.8. The number of benzene rings is 2. The number of aromatic nitrogens is 1. The summed E-state index contributed by atoms with van der Waals surface area (Å²) in [6.45, 7) is 3.16. The van der Waals surface area contributed by atoms with Crippen LogP contribution in [0.3, 0.4) is 0 Å². The van der Waals surface area contributed by atoms with Crippen LogP contribution in [0, 0.1) is 6.92 Å². The smallest absolute Gasteiger partial charge is 0.304 e. The van der Waals surface area contributed by atoms with Crippen LogP contribution in [0.4, 0.5) is 0 Å². The summed E-state index contributed by atoms with van der Waals surface area (Å²) < 4.78 is 44.9. The third-order valence-corrected chi connectivity index (χ3v) is 9.49. The van der Waals surface area contributed by atoms with Crippen molar-refractivity contribution in [1.29, 1.82) is 0 Å². The monoisotopic (exact) mass is 616 g/mol. The van der Waals surface area contributed by atoms with Crippen LogP contribution >= 0.6 is 11.3 Å². The summed E-state index contributed by atoms with van der Waals surface area (Å²) in [6, 6.07) is 13.0. The summed E-state index contributed by atoms with van der Waals surface area (Å²) in [5.41, 5.74) is 2.30. The number of nitrogens with one attached hydrogen (secondary N) is 1. The van der Waals surface area contributed by atoms with Crippen LogP contribution in [-0.2, 0) is 27.9 Å². The fourth-order valence-corrected chi connectivity index (χ4v) is 6.49. The Labute approximate surface area is 250 Å². The molecule has 2 heterocycles. The van der Waals surface area contributed by atoms with Crippen molar-refractivity contribution >= 4 is 33.4 Å². The molecule has 13 heteroatoms. The number of likely N-dealkylation sites (N-methyl/N-ethyl adjacent to an activating group) is 1. The molecule has 1 N–H and O–H groups in total. The maximum absolute atomic E-state index is 13.8. The molecular formula is C29H36N4O7S2. The van der Waals surface area contributed by atoms with Gasteiger partial charge in [-0.2, -0.15) is 12.7 Å². The van der Waals surface area contributed by atoms with Crippen LogP contribution in [0.25, 0.3) is 0 Å². The lowest BCUT2D eigenvalue weighted by molar-refractivity contribution is 0.0740. The Morgan fingerprint density at radius 2 is 1.83 bits per heavy atom. The summed E-state index contributed by atoms with van der Waals surface area (Å²) in [4.78, 5) is 32.6. The van der Waals surface area contributed by atoms with E-state index in [9.17, 15) is 18.0 Å². The molecule has 4 rings (SSSR count). The van der Waals surface area contributed by atoms with E-state index in [1.54, 1.807) is 17.0 Å². The van der Waals surface area contributed by atoms with E-state index < -0.39 is 16.1 Å². The number of hydrogen-bond acceptors (Lipinski definition) is 9. The summed E-state index contributed by atoms with van der Waals surface area (Å²) in [7, 11) is 0.407. The first kappa shape index (κ1) is 31.4. The van der Waals surface area contributed by atoms with Gasteiger partial charge >= 0.3 is 10.2 Å². The second-order valence-electron chi connectivity index (χ2n) is 9.92. The normalized spacial score (nSPS) is 15.0. The highest BCUT2D eigenvalue weighted by Gasteiger charge is 2.31. The van der Waals surface area contributed by atoms with E-state index in [2.05, 4.69) is 9.71 Å². The van der Waals surface area contributed by atoms with Gasteiger partial charge in [0, 0.05) is 36.7 Å². The van der Waals surface area contributed by atoms with Crippen molar-refractivity contribution in [3.63, 3.8) is 0 Å². The molecule has 1 aliphatic heterocycles. The van der Waals surface area contributed by atoms with E-state index >= 15 is 0 Å². The summed E-state index contributed by atoms with van der Waals surface area (Å²) in [5.74, 6) is -0.0157. The molecule has 3 aromatic rings. The minimum absolute atomic E-state index is 0.0370. The van der Waals surface area contributed by atoms with Gasteiger partial charge in [-0.3, -0.25) is 9.59 Å². The molecule has 11 nitrogen and oxygen atoms in total. The molecule has 1 unspecified atom stereocenters. The van der Waals surface area contributed by atoms with Crippen LogP contribution < -0.4 is 14.2 Å². The third kappa shape index (κ3) is 7.65. The first-order valence-corrected chi connectivity index (χ1v) is 15.8. The fraction of sp³-hybridized carbons (Fsp3) is 0.414. The molecule has 0 saturated carbocycles. The molecule has 226 valence electrons. The van der Waals surface area contributed by atoms with Gasteiger partial charge in [-0.1, -0.05) is 30.3 Å². The molecule has 0 spiro atoms. The SMILES string of the molecule is COc1cc(C(=O)N(CCCc2ccccc2)Cc2nc(C(=O)NS(=O)(=O)N(C)C3CCOC3)cs2)cc(OC)c1C. The number of thiazole rings is 1. The highest BCUT2D eigenvalue weighted by molar-refractivity contribution is 7.87. The molecule has 0 bridgehead atoms. The topological polar surface area (TPSA) is 127 Å². The number of carbonyl (C=O) groups is 2. The summed E-state index contributed by atoms with van der Waals surface area (Å²) in [5, 5.41) is 1.98. The van der Waals surface area contributed by atoms with Gasteiger partial charge in [0.25, 0.3) is 11.8 Å². The van der Waals surface area contributed by atoms with Gasteiger partial charge in [-0.05, 0) is 43.9 Å². The quantitative estimate of drug-likeness (QED) is 0.310. The Kier molecular flexibility index (Phi) is 10.5. The molecule has 0 aliphatic carbocycles. The molecule has 0 radical (unpaired) electrons. The number of hydrogen-bond donors (Lipinski definition) is 1. The number of methoxy groups -OCH3 is 2. The van der Waals surface area contributed by atoms with E-state index in [4.69, 9.17) is 14.2 Å². The van der Waals surface area contributed by atoms with Crippen LogP contribution in [0.15, 0.2) is 47.8 Å².